The normalized spacial score (nSPS) is 23.5. The lowest BCUT2D eigenvalue weighted by Crippen LogP contribution is -2.52. The lowest BCUT2D eigenvalue weighted by molar-refractivity contribution is -0.0325. The number of amides is 2. The van der Waals surface area contributed by atoms with Crippen LogP contribution in [-0.2, 0) is 10.5 Å². The number of hydrogen-bond donors (Lipinski definition) is 1. The van der Waals surface area contributed by atoms with Gasteiger partial charge in [0.05, 0.1) is 12.3 Å². The van der Waals surface area contributed by atoms with E-state index in [4.69, 9.17) is 4.74 Å². The second kappa shape index (κ2) is 4.33. The lowest BCUT2D eigenvalue weighted by Gasteiger charge is -2.42. The van der Waals surface area contributed by atoms with E-state index in [1.54, 1.807) is 4.90 Å². The minimum Gasteiger partial charge on any atom is -0.345 e. The van der Waals surface area contributed by atoms with Crippen LogP contribution in [-0.4, -0.2) is 24.1 Å². The summed E-state index contributed by atoms with van der Waals surface area (Å²) in [4.78, 5) is 14.2. The maximum atomic E-state index is 12.5. The summed E-state index contributed by atoms with van der Waals surface area (Å²) in [7, 11) is 0. The number of ether oxygens (including phenoxy) is 1. The highest BCUT2D eigenvalue weighted by molar-refractivity contribution is 5.94. The molecule has 2 aliphatic rings. The van der Waals surface area contributed by atoms with Gasteiger partial charge in [-0.1, -0.05) is 42.5 Å². The van der Waals surface area contributed by atoms with E-state index in [0.29, 0.717) is 13.2 Å². The minimum absolute atomic E-state index is 0.102. The predicted octanol–water partition coefficient (Wildman–Crippen LogP) is 3.07. The van der Waals surface area contributed by atoms with Gasteiger partial charge in [-0.3, -0.25) is 4.90 Å². The Morgan fingerprint density at radius 2 is 2.00 bits per heavy atom. The van der Waals surface area contributed by atoms with Crippen LogP contribution in [0.25, 0.3) is 0 Å². The Hall–Kier alpha value is -2.33. The summed E-state index contributed by atoms with van der Waals surface area (Å²) in [6.07, 6.45) is 0. The zero-order valence-corrected chi connectivity index (χ0v) is 11.8. The number of nitrogens with one attached hydrogen (secondary N) is 1. The van der Waals surface area contributed by atoms with Crippen molar-refractivity contribution >= 4 is 11.7 Å². The molecule has 2 aromatic carbocycles. The van der Waals surface area contributed by atoms with Crippen LogP contribution < -0.4 is 5.32 Å². The van der Waals surface area contributed by atoms with E-state index in [0.717, 1.165) is 22.4 Å². The third-order valence-corrected chi connectivity index (χ3v) is 4.20. The van der Waals surface area contributed by atoms with E-state index in [1.165, 1.54) is 0 Å². The van der Waals surface area contributed by atoms with Gasteiger partial charge in [-0.05, 0) is 18.6 Å². The molecule has 2 heterocycles. The topological polar surface area (TPSA) is 41.6 Å². The van der Waals surface area contributed by atoms with Crippen molar-refractivity contribution in [3.63, 3.8) is 0 Å². The van der Waals surface area contributed by atoms with Gasteiger partial charge in [0.1, 0.15) is 0 Å². The molecular weight excluding hydrogens is 264 g/mol. The molecule has 1 atom stereocenters. The molecule has 2 amide bonds. The van der Waals surface area contributed by atoms with Crippen molar-refractivity contribution < 1.29 is 9.53 Å². The average molecular weight is 280 g/mol. The highest BCUT2D eigenvalue weighted by atomic mass is 16.5. The van der Waals surface area contributed by atoms with Crippen molar-refractivity contribution in [3.8, 4) is 0 Å². The number of benzene rings is 2. The van der Waals surface area contributed by atoms with Gasteiger partial charge >= 0.3 is 6.03 Å². The molecule has 0 radical (unpaired) electrons. The fraction of sp³-hybridized carbons (Fsp3) is 0.235. The highest BCUT2D eigenvalue weighted by Crippen LogP contribution is 2.46. The molecule has 0 aliphatic carbocycles. The van der Waals surface area contributed by atoms with E-state index in [2.05, 4.69) is 17.4 Å². The molecule has 0 aromatic heterocycles. The third-order valence-electron chi connectivity index (χ3n) is 4.20. The summed E-state index contributed by atoms with van der Waals surface area (Å²) in [6, 6.07) is 16.0. The average Bonchev–Trinajstić information content (AvgIpc) is 2.94. The van der Waals surface area contributed by atoms with E-state index in [-0.39, 0.29) is 6.03 Å². The number of nitrogens with zero attached hydrogens (tertiary/aromatic N) is 1. The summed E-state index contributed by atoms with van der Waals surface area (Å²) in [5.41, 5.74) is 3.14. The number of carbonyl (C=O) groups is 1. The number of hydrogen-bond acceptors (Lipinski definition) is 2. The van der Waals surface area contributed by atoms with Crippen molar-refractivity contribution in [3.05, 3.63) is 65.2 Å². The zero-order valence-electron chi connectivity index (χ0n) is 11.8. The number of urea groups is 1. The van der Waals surface area contributed by atoms with Crippen molar-refractivity contribution in [2.24, 2.45) is 0 Å². The summed E-state index contributed by atoms with van der Waals surface area (Å²) in [6.45, 7) is 3.15. The smallest absolute Gasteiger partial charge is 0.324 e. The molecule has 0 saturated carbocycles. The standard InChI is InChI=1S/C17H16N2O2/c1-12-7-8-14-15(11-12)18-16(20)19-9-10-21-17(14,19)13-5-3-2-4-6-13/h2-8,11H,9-10H2,1H3,(H,18,20). The molecule has 2 aromatic rings. The quantitative estimate of drug-likeness (QED) is 0.872. The SMILES string of the molecule is Cc1ccc2c(c1)NC(=O)N1CCOC21c1ccccc1. The molecule has 0 bridgehead atoms. The maximum absolute atomic E-state index is 12.5. The molecule has 0 spiro atoms. The van der Waals surface area contributed by atoms with Gasteiger partial charge in [0.2, 0.25) is 0 Å². The first-order valence-corrected chi connectivity index (χ1v) is 7.11. The van der Waals surface area contributed by atoms with Gasteiger partial charge in [-0.15, -0.1) is 0 Å². The molecule has 4 nitrogen and oxygen atoms in total. The van der Waals surface area contributed by atoms with E-state index >= 15 is 0 Å². The van der Waals surface area contributed by atoms with Crippen LogP contribution in [0.15, 0.2) is 48.5 Å². The Balaban J connectivity index is 2.01. The van der Waals surface area contributed by atoms with Gasteiger partial charge in [0.25, 0.3) is 0 Å². The first-order valence-electron chi connectivity index (χ1n) is 7.11. The Morgan fingerprint density at radius 1 is 1.19 bits per heavy atom. The van der Waals surface area contributed by atoms with Crippen LogP contribution in [0.4, 0.5) is 10.5 Å². The number of rotatable bonds is 1. The summed E-state index contributed by atoms with van der Waals surface area (Å²) < 4.78 is 6.13. The maximum Gasteiger partial charge on any atom is 0.324 e. The van der Waals surface area contributed by atoms with E-state index in [9.17, 15) is 4.79 Å². The fourth-order valence-corrected chi connectivity index (χ4v) is 3.29. The Bertz CT molecular complexity index is 714. The Labute approximate surface area is 123 Å². The van der Waals surface area contributed by atoms with Gasteiger partial charge in [0.15, 0.2) is 5.72 Å². The number of carbonyl (C=O) groups excluding carboxylic acids is 1. The van der Waals surface area contributed by atoms with Crippen molar-refractivity contribution in [2.45, 2.75) is 12.6 Å². The molecule has 4 heteroatoms. The van der Waals surface area contributed by atoms with Crippen LogP contribution in [0.2, 0.25) is 0 Å². The molecule has 106 valence electrons. The Kier molecular flexibility index (Phi) is 2.56. The van der Waals surface area contributed by atoms with Crippen LogP contribution >= 0.6 is 0 Å². The first kappa shape index (κ1) is 12.4. The molecule has 21 heavy (non-hydrogen) atoms. The molecular formula is C17H16N2O2. The molecule has 2 aliphatic heterocycles. The van der Waals surface area contributed by atoms with Crippen LogP contribution in [0.1, 0.15) is 16.7 Å². The van der Waals surface area contributed by atoms with Crippen molar-refractivity contribution in [2.75, 3.05) is 18.5 Å². The van der Waals surface area contributed by atoms with Crippen LogP contribution in [0.3, 0.4) is 0 Å². The summed E-state index contributed by atoms with van der Waals surface area (Å²) in [5, 5.41) is 2.97. The Morgan fingerprint density at radius 3 is 2.81 bits per heavy atom. The fourth-order valence-electron chi connectivity index (χ4n) is 3.29. The largest absolute Gasteiger partial charge is 0.345 e. The van der Waals surface area contributed by atoms with Gasteiger partial charge in [-0.25, -0.2) is 4.79 Å². The molecule has 1 N–H and O–H groups in total. The van der Waals surface area contributed by atoms with Crippen molar-refractivity contribution in [1.82, 2.24) is 4.90 Å². The predicted molar refractivity (Wildman–Crippen MR) is 80.1 cm³/mol. The monoisotopic (exact) mass is 280 g/mol. The van der Waals surface area contributed by atoms with Crippen LogP contribution in [0.5, 0.6) is 0 Å². The lowest BCUT2D eigenvalue weighted by atomic mass is 9.89. The highest BCUT2D eigenvalue weighted by Gasteiger charge is 2.52. The second-order valence-electron chi connectivity index (χ2n) is 5.49. The first-order chi connectivity index (χ1) is 10.2. The third kappa shape index (κ3) is 1.63. The number of aryl methyl sites for hydroxylation is 1. The van der Waals surface area contributed by atoms with Gasteiger partial charge in [0, 0.05) is 17.7 Å². The summed E-state index contributed by atoms with van der Waals surface area (Å²) >= 11 is 0. The van der Waals surface area contributed by atoms with Gasteiger partial charge < -0.3 is 10.1 Å². The minimum atomic E-state index is -0.799. The van der Waals surface area contributed by atoms with E-state index in [1.807, 2.05) is 43.3 Å². The van der Waals surface area contributed by atoms with Crippen LogP contribution in [0, 0.1) is 6.92 Å². The second-order valence-corrected chi connectivity index (χ2v) is 5.49. The number of fused-ring (bicyclic) bond motifs is 3. The summed E-state index contributed by atoms with van der Waals surface area (Å²) in [5.74, 6) is 0. The molecule has 4 rings (SSSR count). The molecule has 1 unspecified atom stereocenters. The molecule has 1 fully saturated rings. The van der Waals surface area contributed by atoms with E-state index < -0.39 is 5.72 Å². The number of anilines is 1. The van der Waals surface area contributed by atoms with Crippen molar-refractivity contribution in [1.29, 1.82) is 0 Å². The molecule has 1 saturated heterocycles. The van der Waals surface area contributed by atoms with Gasteiger partial charge in [-0.2, -0.15) is 0 Å². The zero-order chi connectivity index (χ0) is 14.4.